The molecule has 0 saturated heterocycles. The Hall–Kier alpha value is -0.120. The minimum Gasteiger partial charge on any atom is -0.390 e. The van der Waals surface area contributed by atoms with E-state index in [1.54, 1.807) is 0 Å². The third kappa shape index (κ3) is 3.16. The molecule has 0 amide bonds. The fourth-order valence-electron chi connectivity index (χ4n) is 11.4. The molecule has 0 aliphatic heterocycles. The van der Waals surface area contributed by atoms with Gasteiger partial charge in [-0.25, -0.2) is 0 Å². The van der Waals surface area contributed by atoms with E-state index in [2.05, 4.69) is 41.5 Å². The lowest BCUT2D eigenvalue weighted by Gasteiger charge is -2.61. The van der Waals surface area contributed by atoms with Gasteiger partial charge in [-0.2, -0.15) is 0 Å². The van der Waals surface area contributed by atoms with Crippen molar-refractivity contribution in [2.45, 2.75) is 118 Å². The first-order valence-corrected chi connectivity index (χ1v) is 14.5. The van der Waals surface area contributed by atoms with Crippen LogP contribution < -0.4 is 0 Å². The smallest absolute Gasteiger partial charge is 0.0832 e. The summed E-state index contributed by atoms with van der Waals surface area (Å²) in [6.45, 7) is 14.0. The molecule has 190 valence electrons. The van der Waals surface area contributed by atoms with Gasteiger partial charge in [0, 0.05) is 12.5 Å². The summed E-state index contributed by atoms with van der Waals surface area (Å²) >= 11 is 0. The Kier molecular flexibility index (Phi) is 6.11. The van der Waals surface area contributed by atoms with Crippen molar-refractivity contribution in [1.82, 2.24) is 0 Å². The molecule has 5 saturated carbocycles. The Morgan fingerprint density at radius 1 is 0.939 bits per heavy atom. The second-order valence-electron chi connectivity index (χ2n) is 14.1. The average Bonchev–Trinajstić information content (AvgIpc) is 3.29. The number of hydrogen-bond donors (Lipinski definition) is 2. The molecule has 3 nitrogen and oxygen atoms in total. The third-order valence-corrected chi connectivity index (χ3v) is 13.2. The number of aliphatic hydroxyl groups is 2. The largest absolute Gasteiger partial charge is 0.390 e. The van der Waals surface area contributed by atoms with Gasteiger partial charge in [0.05, 0.1) is 18.3 Å². The van der Waals surface area contributed by atoms with Crippen molar-refractivity contribution in [3.05, 3.63) is 0 Å². The molecule has 0 unspecified atom stereocenters. The predicted molar refractivity (Wildman–Crippen MR) is 134 cm³/mol. The minimum atomic E-state index is -0.614. The molecule has 0 aromatic heterocycles. The van der Waals surface area contributed by atoms with Crippen LogP contribution in [0.3, 0.4) is 0 Å². The second kappa shape index (κ2) is 8.20. The fraction of sp³-hybridized carbons (Fsp3) is 1.00. The van der Waals surface area contributed by atoms with Gasteiger partial charge < -0.3 is 14.9 Å². The van der Waals surface area contributed by atoms with Gasteiger partial charge in [-0.3, -0.25) is 0 Å². The van der Waals surface area contributed by atoms with Crippen molar-refractivity contribution in [2.75, 3.05) is 7.11 Å². The van der Waals surface area contributed by atoms with E-state index in [-0.39, 0.29) is 11.8 Å². The van der Waals surface area contributed by atoms with Crippen LogP contribution in [0, 0.1) is 63.6 Å². The highest BCUT2D eigenvalue weighted by molar-refractivity contribution is 5.26. The van der Waals surface area contributed by atoms with Gasteiger partial charge in [0.1, 0.15) is 0 Å². The van der Waals surface area contributed by atoms with Gasteiger partial charge in [0.2, 0.25) is 0 Å². The van der Waals surface area contributed by atoms with E-state index in [1.807, 2.05) is 7.11 Å². The van der Waals surface area contributed by atoms with Crippen molar-refractivity contribution in [3.63, 3.8) is 0 Å². The number of ether oxygens (including phenoxy) is 1. The van der Waals surface area contributed by atoms with Crippen LogP contribution in [0.1, 0.15) is 99.3 Å². The number of hydrogen-bond acceptors (Lipinski definition) is 3. The van der Waals surface area contributed by atoms with E-state index < -0.39 is 12.2 Å². The summed E-state index contributed by atoms with van der Waals surface area (Å²) in [5, 5.41) is 22.5. The average molecular weight is 461 g/mol. The Labute approximate surface area is 203 Å². The highest BCUT2D eigenvalue weighted by Crippen LogP contribution is 2.82. The maximum absolute atomic E-state index is 11.3. The molecule has 3 heteroatoms. The molecule has 5 fully saturated rings. The minimum absolute atomic E-state index is 0.155. The Morgan fingerprint density at radius 3 is 2.27 bits per heavy atom. The van der Waals surface area contributed by atoms with Crippen molar-refractivity contribution in [2.24, 2.45) is 63.6 Å². The van der Waals surface area contributed by atoms with Gasteiger partial charge in [0.15, 0.2) is 0 Å². The highest BCUT2D eigenvalue weighted by atomic mass is 16.5. The van der Waals surface area contributed by atoms with Crippen LogP contribution in [-0.4, -0.2) is 35.6 Å². The van der Waals surface area contributed by atoms with Crippen molar-refractivity contribution in [1.29, 1.82) is 0 Å². The van der Waals surface area contributed by atoms with E-state index in [0.717, 1.165) is 30.1 Å². The molecular formula is C30H52O3. The van der Waals surface area contributed by atoms with E-state index in [4.69, 9.17) is 4.74 Å². The monoisotopic (exact) mass is 460 g/mol. The zero-order chi connectivity index (χ0) is 23.9. The van der Waals surface area contributed by atoms with Gasteiger partial charge >= 0.3 is 0 Å². The number of rotatable bonds is 7. The summed E-state index contributed by atoms with van der Waals surface area (Å²) < 4.78 is 6.28. The summed E-state index contributed by atoms with van der Waals surface area (Å²) in [5.41, 5.74) is 1.27. The lowest BCUT2D eigenvalue weighted by molar-refractivity contribution is -0.164. The van der Waals surface area contributed by atoms with Crippen LogP contribution >= 0.6 is 0 Å². The summed E-state index contributed by atoms with van der Waals surface area (Å²) in [4.78, 5) is 0. The molecule has 0 heterocycles. The molecule has 0 aromatic carbocycles. The van der Waals surface area contributed by atoms with Crippen LogP contribution in [-0.2, 0) is 4.74 Å². The maximum Gasteiger partial charge on any atom is 0.0832 e. The quantitative estimate of drug-likeness (QED) is 0.468. The molecule has 1 spiro atoms. The standard InChI is InChI=1S/C30H52O3/c1-8-20(17(2)3)27(32)26(31)18(4)22-9-10-23-21-15-25(33-7)30-16-19(30)11-14-29(30,6)24(21)12-13-28(22,23)5/h17-27,31-32H,8-16H2,1-7H3/t18-,19-,20-,21-,22+,23-,24-,25+,26-,27-,28+,29+,30-/m0/s1. The summed E-state index contributed by atoms with van der Waals surface area (Å²) in [6, 6.07) is 0. The molecule has 5 aliphatic carbocycles. The molecule has 2 N–H and O–H groups in total. The molecule has 5 rings (SSSR count). The van der Waals surface area contributed by atoms with Gasteiger partial charge in [0.25, 0.3) is 0 Å². The number of fused-ring (bicyclic) bond motifs is 4. The molecule has 0 aromatic rings. The lowest BCUT2D eigenvalue weighted by atomic mass is 9.45. The Bertz CT molecular complexity index is 736. The molecule has 33 heavy (non-hydrogen) atoms. The van der Waals surface area contributed by atoms with Crippen LogP contribution in [0.25, 0.3) is 0 Å². The van der Waals surface area contributed by atoms with E-state index in [0.29, 0.717) is 34.2 Å². The molecule has 0 radical (unpaired) electrons. The lowest BCUT2D eigenvalue weighted by Crippen LogP contribution is -2.57. The first kappa shape index (κ1) is 24.6. The summed E-state index contributed by atoms with van der Waals surface area (Å²) in [5.74, 6) is 4.57. The molecule has 5 aliphatic rings. The zero-order valence-corrected chi connectivity index (χ0v) is 22.5. The first-order valence-electron chi connectivity index (χ1n) is 14.5. The topological polar surface area (TPSA) is 49.7 Å². The highest BCUT2D eigenvalue weighted by Gasteiger charge is 2.77. The molecular weight excluding hydrogens is 408 g/mol. The van der Waals surface area contributed by atoms with E-state index >= 15 is 0 Å². The SMILES string of the molecule is CC[C@@H](C(C)C)[C@H](O)[C@@H](O)[C@@H](C)[C@H]1CC[C@H]2[C@@H]3C[C@@H](OC)[C@]45C[C@@H]4CC[C@]5(C)[C@H]3CC[C@]12C. The van der Waals surface area contributed by atoms with Crippen LogP contribution in [0.4, 0.5) is 0 Å². The fourth-order valence-corrected chi connectivity index (χ4v) is 11.4. The number of methoxy groups -OCH3 is 1. The van der Waals surface area contributed by atoms with Gasteiger partial charge in [-0.15, -0.1) is 0 Å². The second-order valence-corrected chi connectivity index (χ2v) is 14.1. The number of aliphatic hydroxyl groups excluding tert-OH is 2. The first-order chi connectivity index (χ1) is 15.6. The van der Waals surface area contributed by atoms with E-state index in [1.165, 1.54) is 51.4 Å². The maximum atomic E-state index is 11.3. The van der Waals surface area contributed by atoms with Crippen LogP contribution in [0.15, 0.2) is 0 Å². The Balaban J connectivity index is 1.37. The summed E-state index contributed by atoms with van der Waals surface area (Å²) in [7, 11) is 1.98. The van der Waals surface area contributed by atoms with Gasteiger partial charge in [-0.05, 0) is 110 Å². The van der Waals surface area contributed by atoms with Crippen molar-refractivity contribution in [3.8, 4) is 0 Å². The van der Waals surface area contributed by atoms with E-state index in [9.17, 15) is 10.2 Å². The zero-order valence-electron chi connectivity index (χ0n) is 22.5. The van der Waals surface area contributed by atoms with Crippen molar-refractivity contribution >= 4 is 0 Å². The Morgan fingerprint density at radius 2 is 1.67 bits per heavy atom. The normalized spacial score (nSPS) is 51.8. The van der Waals surface area contributed by atoms with Gasteiger partial charge in [-0.1, -0.05) is 48.0 Å². The predicted octanol–water partition coefficient (Wildman–Crippen LogP) is 6.31. The van der Waals surface area contributed by atoms with Crippen molar-refractivity contribution < 1.29 is 14.9 Å². The molecule has 13 atom stereocenters. The van der Waals surface area contributed by atoms with Crippen LogP contribution in [0.5, 0.6) is 0 Å². The third-order valence-electron chi connectivity index (χ3n) is 13.2. The summed E-state index contributed by atoms with van der Waals surface area (Å²) in [6.07, 6.45) is 10.9. The molecule has 0 bridgehead atoms. The van der Waals surface area contributed by atoms with Crippen LogP contribution in [0.2, 0.25) is 0 Å².